The monoisotopic (exact) mass is 332 g/mol. The predicted molar refractivity (Wildman–Crippen MR) is 91.6 cm³/mol. The third kappa shape index (κ3) is 3.29. The zero-order valence-corrected chi connectivity index (χ0v) is 13.3. The van der Waals surface area contributed by atoms with Gasteiger partial charge >= 0.3 is 6.03 Å². The molecule has 0 aliphatic carbocycles. The van der Waals surface area contributed by atoms with Gasteiger partial charge in [0.1, 0.15) is 0 Å². The van der Waals surface area contributed by atoms with Crippen LogP contribution < -0.4 is 15.8 Å². The summed E-state index contributed by atoms with van der Waals surface area (Å²) in [5.41, 5.74) is 4.30. The second-order valence-corrected chi connectivity index (χ2v) is 6.04. The third-order valence-corrected chi connectivity index (χ3v) is 4.31. The summed E-state index contributed by atoms with van der Waals surface area (Å²) in [6, 6.07) is 14.4. The first-order chi connectivity index (χ1) is 10.6. The highest BCUT2D eigenvalue weighted by atomic mass is 35.5. The lowest BCUT2D eigenvalue weighted by Crippen LogP contribution is -2.41. The zero-order valence-electron chi connectivity index (χ0n) is 11.7. The van der Waals surface area contributed by atoms with Crippen molar-refractivity contribution >= 4 is 50.0 Å². The van der Waals surface area contributed by atoms with Gasteiger partial charge in [-0.05, 0) is 36.4 Å². The topological polar surface area (TPSA) is 57.3 Å². The van der Waals surface area contributed by atoms with Crippen LogP contribution >= 0.6 is 22.9 Å². The van der Waals surface area contributed by atoms with Crippen LogP contribution in [0, 0.1) is 0 Å². The van der Waals surface area contributed by atoms with Gasteiger partial charge in [0.2, 0.25) is 5.13 Å². The minimum atomic E-state index is -0.343. The number of nitrogens with zero attached hydrogens (tertiary/aromatic N) is 2. The van der Waals surface area contributed by atoms with Crippen molar-refractivity contribution in [3.63, 3.8) is 0 Å². The molecule has 3 rings (SSSR count). The van der Waals surface area contributed by atoms with Crippen molar-refractivity contribution in [2.75, 3.05) is 17.4 Å². The molecule has 3 aromatic rings. The van der Waals surface area contributed by atoms with E-state index in [1.165, 1.54) is 11.3 Å². The molecule has 7 heteroatoms. The summed E-state index contributed by atoms with van der Waals surface area (Å²) in [7, 11) is 1.75. The molecular formula is C15H13ClN4OS. The standard InChI is InChI=1S/C15H13ClN4OS/c1-20(15-18-12-4-2-3-5-13(12)22-15)19-14(21)17-11-8-6-10(16)7-9-11/h2-9H,1H3,(H2,17,19,21). The number of fused-ring (bicyclic) bond motifs is 1. The van der Waals surface area contributed by atoms with Crippen molar-refractivity contribution < 1.29 is 4.79 Å². The molecule has 1 aromatic heterocycles. The predicted octanol–water partition coefficient (Wildman–Crippen LogP) is 4.12. The van der Waals surface area contributed by atoms with Gasteiger partial charge in [0.15, 0.2) is 0 Å². The van der Waals surface area contributed by atoms with Crippen LogP contribution in [0.2, 0.25) is 5.02 Å². The maximum Gasteiger partial charge on any atom is 0.338 e. The van der Waals surface area contributed by atoms with E-state index >= 15 is 0 Å². The van der Waals surface area contributed by atoms with E-state index in [1.54, 1.807) is 36.3 Å². The lowest BCUT2D eigenvalue weighted by atomic mass is 10.3. The van der Waals surface area contributed by atoms with Crippen molar-refractivity contribution in [3.05, 3.63) is 53.6 Å². The number of amides is 2. The second-order valence-electron chi connectivity index (χ2n) is 4.60. The summed E-state index contributed by atoms with van der Waals surface area (Å²) in [5.74, 6) is 0. The van der Waals surface area contributed by atoms with Crippen LogP contribution in [0.4, 0.5) is 15.6 Å². The fourth-order valence-corrected chi connectivity index (χ4v) is 2.91. The molecule has 0 atom stereocenters. The minimum absolute atomic E-state index is 0.343. The molecule has 2 aromatic carbocycles. The Bertz CT molecular complexity index is 770. The van der Waals surface area contributed by atoms with E-state index in [-0.39, 0.29) is 6.03 Å². The van der Waals surface area contributed by atoms with Crippen molar-refractivity contribution in [1.29, 1.82) is 0 Å². The molecule has 2 amide bonds. The van der Waals surface area contributed by atoms with Crippen molar-refractivity contribution in [3.8, 4) is 0 Å². The number of benzene rings is 2. The van der Waals surface area contributed by atoms with Crippen molar-refractivity contribution in [1.82, 2.24) is 10.4 Å². The van der Waals surface area contributed by atoms with Crippen LogP contribution in [0.5, 0.6) is 0 Å². The van der Waals surface area contributed by atoms with Crippen LogP contribution in [-0.2, 0) is 0 Å². The van der Waals surface area contributed by atoms with Gasteiger partial charge in [-0.15, -0.1) is 0 Å². The van der Waals surface area contributed by atoms with E-state index in [1.807, 2.05) is 24.3 Å². The largest absolute Gasteiger partial charge is 0.338 e. The molecule has 0 saturated heterocycles. The highest BCUT2D eigenvalue weighted by molar-refractivity contribution is 7.22. The van der Waals surface area contributed by atoms with E-state index in [0.717, 1.165) is 10.2 Å². The first-order valence-corrected chi connectivity index (χ1v) is 7.74. The number of carbonyl (C=O) groups is 1. The summed E-state index contributed by atoms with van der Waals surface area (Å²) in [5, 5.41) is 5.66. The Morgan fingerprint density at radius 3 is 2.64 bits per heavy atom. The number of rotatable bonds is 3. The molecule has 0 aliphatic heterocycles. The number of para-hydroxylation sites is 1. The van der Waals surface area contributed by atoms with Gasteiger partial charge in [0.25, 0.3) is 0 Å². The van der Waals surface area contributed by atoms with Gasteiger partial charge < -0.3 is 5.32 Å². The smallest absolute Gasteiger partial charge is 0.307 e. The van der Waals surface area contributed by atoms with Crippen molar-refractivity contribution in [2.24, 2.45) is 0 Å². The first kappa shape index (κ1) is 14.6. The second kappa shape index (κ2) is 6.21. The van der Waals surface area contributed by atoms with Gasteiger partial charge in [-0.2, -0.15) is 0 Å². The third-order valence-electron chi connectivity index (χ3n) is 2.94. The Morgan fingerprint density at radius 1 is 1.18 bits per heavy atom. The summed E-state index contributed by atoms with van der Waals surface area (Å²) < 4.78 is 1.07. The molecule has 112 valence electrons. The maximum atomic E-state index is 12.0. The fourth-order valence-electron chi connectivity index (χ4n) is 1.90. The van der Waals surface area contributed by atoms with Crippen LogP contribution in [0.1, 0.15) is 0 Å². The molecule has 1 heterocycles. The Morgan fingerprint density at radius 2 is 1.91 bits per heavy atom. The Hall–Kier alpha value is -2.31. The quantitative estimate of drug-likeness (QED) is 0.709. The molecule has 0 unspecified atom stereocenters. The van der Waals surface area contributed by atoms with Crippen molar-refractivity contribution in [2.45, 2.75) is 0 Å². The van der Waals surface area contributed by atoms with Gasteiger partial charge in [-0.3, -0.25) is 5.01 Å². The number of urea groups is 1. The highest BCUT2D eigenvalue weighted by Gasteiger charge is 2.10. The van der Waals surface area contributed by atoms with E-state index in [2.05, 4.69) is 15.7 Å². The van der Waals surface area contributed by atoms with E-state index in [4.69, 9.17) is 11.6 Å². The van der Waals surface area contributed by atoms with Crippen LogP contribution in [-0.4, -0.2) is 18.1 Å². The lowest BCUT2D eigenvalue weighted by Gasteiger charge is -2.17. The van der Waals surface area contributed by atoms with Gasteiger partial charge in [-0.1, -0.05) is 35.1 Å². The molecule has 0 fully saturated rings. The Labute approximate surface area is 136 Å². The number of aromatic nitrogens is 1. The summed E-state index contributed by atoms with van der Waals surface area (Å²) in [4.78, 5) is 16.4. The molecule has 5 nitrogen and oxygen atoms in total. The number of hydrogen-bond donors (Lipinski definition) is 2. The molecule has 22 heavy (non-hydrogen) atoms. The average Bonchev–Trinajstić information content (AvgIpc) is 2.93. The van der Waals surface area contributed by atoms with Gasteiger partial charge in [0, 0.05) is 17.8 Å². The van der Waals surface area contributed by atoms with Gasteiger partial charge in [-0.25, -0.2) is 15.2 Å². The average molecular weight is 333 g/mol. The fraction of sp³-hybridized carbons (Fsp3) is 0.0667. The summed E-state index contributed by atoms with van der Waals surface area (Å²) in [6.07, 6.45) is 0. The lowest BCUT2D eigenvalue weighted by molar-refractivity contribution is 0.251. The number of hydrazine groups is 1. The molecule has 0 saturated carbocycles. The number of nitrogens with one attached hydrogen (secondary N) is 2. The Balaban J connectivity index is 1.66. The number of hydrogen-bond acceptors (Lipinski definition) is 4. The Kier molecular flexibility index (Phi) is 4.13. The SMILES string of the molecule is CN(NC(=O)Nc1ccc(Cl)cc1)c1nc2ccccc2s1. The molecule has 0 spiro atoms. The molecule has 0 aliphatic rings. The molecule has 0 radical (unpaired) electrons. The summed E-state index contributed by atoms with van der Waals surface area (Å²) in [6.45, 7) is 0. The molecule has 2 N–H and O–H groups in total. The van der Waals surface area contributed by atoms with Crippen LogP contribution in [0.3, 0.4) is 0 Å². The number of thiazole rings is 1. The van der Waals surface area contributed by atoms with E-state index in [0.29, 0.717) is 15.8 Å². The van der Waals surface area contributed by atoms with E-state index < -0.39 is 0 Å². The number of carbonyl (C=O) groups excluding carboxylic acids is 1. The number of anilines is 2. The van der Waals surface area contributed by atoms with E-state index in [9.17, 15) is 4.79 Å². The normalized spacial score (nSPS) is 10.5. The molecular weight excluding hydrogens is 320 g/mol. The van der Waals surface area contributed by atoms with Crippen LogP contribution in [0.15, 0.2) is 48.5 Å². The molecule has 0 bridgehead atoms. The number of halogens is 1. The first-order valence-electron chi connectivity index (χ1n) is 6.54. The zero-order chi connectivity index (χ0) is 15.5. The van der Waals surface area contributed by atoms with Crippen LogP contribution in [0.25, 0.3) is 10.2 Å². The van der Waals surface area contributed by atoms with Gasteiger partial charge in [0.05, 0.1) is 10.2 Å². The highest BCUT2D eigenvalue weighted by Crippen LogP contribution is 2.26. The summed E-state index contributed by atoms with van der Waals surface area (Å²) >= 11 is 7.32. The minimum Gasteiger partial charge on any atom is -0.307 e. The maximum absolute atomic E-state index is 12.0.